The first-order chi connectivity index (χ1) is 13.1. The lowest BCUT2D eigenvalue weighted by molar-refractivity contribution is -0.144. The van der Waals surface area contributed by atoms with Crippen molar-refractivity contribution in [1.29, 1.82) is 5.26 Å². The summed E-state index contributed by atoms with van der Waals surface area (Å²) in [6.45, 7) is -0.885. The first kappa shape index (κ1) is 18.2. The Labute approximate surface area is 158 Å². The van der Waals surface area contributed by atoms with Crippen LogP contribution in [-0.4, -0.2) is 30.9 Å². The zero-order valence-corrected chi connectivity index (χ0v) is 14.7. The molecule has 0 spiro atoms. The second-order valence-electron chi connectivity index (χ2n) is 5.31. The standard InChI is InChI=1S/C18H13N3O5S/c19-8-11-6-7-27-17(11)21-14(23)10-26-18(24)15-13(22)9-25-16(15)20-12-4-2-1-3-5-12/h1-7,20H,9-10H2,(H,21,23). The molecular weight excluding hydrogens is 370 g/mol. The maximum atomic E-state index is 12.2. The number of rotatable bonds is 6. The molecule has 136 valence electrons. The van der Waals surface area contributed by atoms with Crippen molar-refractivity contribution in [1.82, 2.24) is 0 Å². The highest BCUT2D eigenvalue weighted by Gasteiger charge is 2.32. The largest absolute Gasteiger partial charge is 0.470 e. The molecule has 0 atom stereocenters. The van der Waals surface area contributed by atoms with E-state index in [1.807, 2.05) is 12.1 Å². The van der Waals surface area contributed by atoms with Crippen LogP contribution in [0.2, 0.25) is 0 Å². The van der Waals surface area contributed by atoms with Gasteiger partial charge in [0.25, 0.3) is 5.91 Å². The fourth-order valence-electron chi connectivity index (χ4n) is 2.23. The van der Waals surface area contributed by atoms with Crippen molar-refractivity contribution in [2.45, 2.75) is 0 Å². The van der Waals surface area contributed by atoms with E-state index >= 15 is 0 Å². The number of anilines is 2. The molecule has 0 saturated carbocycles. The summed E-state index contributed by atoms with van der Waals surface area (Å²) in [7, 11) is 0. The molecule has 0 radical (unpaired) electrons. The minimum atomic E-state index is -0.960. The Morgan fingerprint density at radius 1 is 1.26 bits per heavy atom. The van der Waals surface area contributed by atoms with Crippen molar-refractivity contribution in [2.24, 2.45) is 0 Å². The second-order valence-corrected chi connectivity index (χ2v) is 6.22. The molecular formula is C18H13N3O5S. The molecule has 8 nitrogen and oxygen atoms in total. The number of ether oxygens (including phenoxy) is 2. The second kappa shape index (κ2) is 8.16. The van der Waals surface area contributed by atoms with E-state index < -0.39 is 24.3 Å². The Balaban J connectivity index is 1.63. The van der Waals surface area contributed by atoms with Gasteiger partial charge in [0.2, 0.25) is 11.7 Å². The molecule has 2 heterocycles. The molecule has 0 fully saturated rings. The first-order valence-corrected chi connectivity index (χ1v) is 8.63. The number of hydrogen-bond donors (Lipinski definition) is 2. The molecule has 0 unspecified atom stereocenters. The Morgan fingerprint density at radius 2 is 2.04 bits per heavy atom. The summed E-state index contributed by atoms with van der Waals surface area (Å²) in [5.41, 5.74) is 0.670. The van der Waals surface area contributed by atoms with Gasteiger partial charge in [0.1, 0.15) is 11.1 Å². The van der Waals surface area contributed by atoms with Crippen LogP contribution in [0.1, 0.15) is 5.56 Å². The molecule has 27 heavy (non-hydrogen) atoms. The molecule has 1 aromatic heterocycles. The molecule has 2 N–H and O–H groups in total. The van der Waals surface area contributed by atoms with Crippen molar-refractivity contribution in [3.8, 4) is 6.07 Å². The van der Waals surface area contributed by atoms with E-state index in [1.54, 1.807) is 35.7 Å². The number of ketones is 1. The summed E-state index contributed by atoms with van der Waals surface area (Å²) >= 11 is 1.18. The average Bonchev–Trinajstić information content (AvgIpc) is 3.27. The molecule has 1 aliphatic rings. The maximum Gasteiger partial charge on any atom is 0.347 e. The highest BCUT2D eigenvalue weighted by Crippen LogP contribution is 2.22. The molecule has 0 aliphatic carbocycles. The Morgan fingerprint density at radius 3 is 2.78 bits per heavy atom. The number of Topliss-reactive ketones (excluding diaryl/α,β-unsaturated/α-hetero) is 1. The van der Waals surface area contributed by atoms with Gasteiger partial charge in [-0.1, -0.05) is 18.2 Å². The van der Waals surface area contributed by atoms with E-state index in [1.165, 1.54) is 11.3 Å². The average molecular weight is 383 g/mol. The SMILES string of the molecule is N#Cc1ccsc1NC(=O)COC(=O)C1=C(Nc2ccccc2)OCC1=O. The lowest BCUT2D eigenvalue weighted by atomic mass is 10.2. The van der Waals surface area contributed by atoms with Crippen LogP contribution in [0.3, 0.4) is 0 Å². The van der Waals surface area contributed by atoms with Crippen molar-refractivity contribution >= 4 is 39.7 Å². The van der Waals surface area contributed by atoms with Crippen LogP contribution in [0.25, 0.3) is 0 Å². The molecule has 3 rings (SSSR count). The molecule has 2 aromatic rings. The fraction of sp³-hybridized carbons (Fsp3) is 0.111. The van der Waals surface area contributed by atoms with Gasteiger partial charge in [0.15, 0.2) is 18.8 Å². The zero-order valence-electron chi connectivity index (χ0n) is 13.9. The van der Waals surface area contributed by atoms with Crippen LogP contribution in [0.15, 0.2) is 53.2 Å². The smallest absolute Gasteiger partial charge is 0.347 e. The third-order valence-corrected chi connectivity index (χ3v) is 4.29. The minimum absolute atomic E-state index is 0.0124. The molecule has 1 amide bonds. The van der Waals surface area contributed by atoms with Crippen LogP contribution < -0.4 is 10.6 Å². The Bertz CT molecular complexity index is 959. The van der Waals surface area contributed by atoms with E-state index in [-0.39, 0.29) is 18.1 Å². The minimum Gasteiger partial charge on any atom is -0.470 e. The van der Waals surface area contributed by atoms with Crippen molar-refractivity contribution in [2.75, 3.05) is 23.8 Å². The summed E-state index contributed by atoms with van der Waals surface area (Å²) in [6.07, 6.45) is 0. The van der Waals surface area contributed by atoms with E-state index in [9.17, 15) is 14.4 Å². The number of hydrogen-bond acceptors (Lipinski definition) is 8. The van der Waals surface area contributed by atoms with Gasteiger partial charge >= 0.3 is 5.97 Å². The maximum absolute atomic E-state index is 12.2. The molecule has 1 aliphatic heterocycles. The number of benzene rings is 1. The molecule has 9 heteroatoms. The first-order valence-electron chi connectivity index (χ1n) is 7.75. The number of carbonyl (C=O) groups excluding carboxylic acids is 3. The van der Waals surface area contributed by atoms with Crippen LogP contribution in [0.4, 0.5) is 10.7 Å². The highest BCUT2D eigenvalue weighted by atomic mass is 32.1. The van der Waals surface area contributed by atoms with Gasteiger partial charge in [-0.25, -0.2) is 4.79 Å². The molecule has 1 aromatic carbocycles. The van der Waals surface area contributed by atoms with E-state index in [2.05, 4.69) is 10.6 Å². The Kier molecular flexibility index (Phi) is 5.49. The number of nitriles is 1. The third kappa shape index (κ3) is 4.31. The van der Waals surface area contributed by atoms with Crippen molar-refractivity contribution in [3.63, 3.8) is 0 Å². The van der Waals surface area contributed by atoms with Crippen LogP contribution in [0.5, 0.6) is 0 Å². The lowest BCUT2D eigenvalue weighted by Crippen LogP contribution is -2.23. The number of para-hydroxylation sites is 1. The van der Waals surface area contributed by atoms with E-state index in [4.69, 9.17) is 14.7 Å². The van der Waals surface area contributed by atoms with Crippen molar-refractivity contribution < 1.29 is 23.9 Å². The van der Waals surface area contributed by atoms with Gasteiger partial charge in [-0.05, 0) is 23.6 Å². The van der Waals surface area contributed by atoms with E-state index in [0.29, 0.717) is 16.3 Å². The van der Waals surface area contributed by atoms with Gasteiger partial charge in [-0.2, -0.15) is 5.26 Å². The number of nitrogens with zero attached hydrogens (tertiary/aromatic N) is 1. The summed E-state index contributed by atoms with van der Waals surface area (Å²) in [4.78, 5) is 36.1. The van der Waals surface area contributed by atoms with Gasteiger partial charge in [-0.3, -0.25) is 9.59 Å². The normalized spacial score (nSPS) is 12.9. The van der Waals surface area contributed by atoms with E-state index in [0.717, 1.165) is 0 Å². The number of nitrogens with one attached hydrogen (secondary N) is 2. The van der Waals surface area contributed by atoms with Crippen LogP contribution >= 0.6 is 11.3 Å². The third-order valence-electron chi connectivity index (χ3n) is 3.46. The van der Waals surface area contributed by atoms with Gasteiger partial charge in [0.05, 0.1) is 5.56 Å². The summed E-state index contributed by atoms with van der Waals surface area (Å²) in [5, 5.41) is 16.3. The van der Waals surface area contributed by atoms with Gasteiger partial charge in [-0.15, -0.1) is 11.3 Å². The highest BCUT2D eigenvalue weighted by molar-refractivity contribution is 7.14. The Hall–Kier alpha value is -3.64. The van der Waals surface area contributed by atoms with Gasteiger partial charge < -0.3 is 20.1 Å². The number of thiophene rings is 1. The molecule has 0 bridgehead atoms. The van der Waals surface area contributed by atoms with Crippen LogP contribution in [-0.2, 0) is 23.9 Å². The summed E-state index contributed by atoms with van der Waals surface area (Å²) < 4.78 is 10.1. The topological polar surface area (TPSA) is 118 Å². The lowest BCUT2D eigenvalue weighted by Gasteiger charge is -2.09. The number of amides is 1. The molecule has 0 saturated heterocycles. The van der Waals surface area contributed by atoms with Gasteiger partial charge in [0, 0.05) is 5.69 Å². The quantitative estimate of drug-likeness (QED) is 0.579. The predicted octanol–water partition coefficient (Wildman–Crippen LogP) is 2.02. The zero-order chi connectivity index (χ0) is 19.2. The summed E-state index contributed by atoms with van der Waals surface area (Å²) in [5.74, 6) is -2.13. The predicted molar refractivity (Wildman–Crippen MR) is 96.7 cm³/mol. The number of esters is 1. The van der Waals surface area contributed by atoms with Crippen molar-refractivity contribution in [3.05, 3.63) is 58.8 Å². The fourth-order valence-corrected chi connectivity index (χ4v) is 2.98. The number of carbonyl (C=O) groups is 3. The summed E-state index contributed by atoms with van der Waals surface area (Å²) in [6, 6.07) is 12.4. The van der Waals surface area contributed by atoms with Crippen LogP contribution in [0, 0.1) is 11.3 Å². The monoisotopic (exact) mass is 383 g/mol.